The summed E-state index contributed by atoms with van der Waals surface area (Å²) in [7, 11) is 0. The maximum absolute atomic E-state index is 13.7. The van der Waals surface area contributed by atoms with E-state index < -0.39 is 12.1 Å². The predicted molar refractivity (Wildman–Crippen MR) is 78.0 cm³/mol. The van der Waals surface area contributed by atoms with Gasteiger partial charge in [0, 0.05) is 19.5 Å². The molecule has 1 aromatic carbocycles. The second-order valence-corrected chi connectivity index (χ2v) is 5.56. The summed E-state index contributed by atoms with van der Waals surface area (Å²) in [5, 5.41) is 8.79. The fourth-order valence-electron chi connectivity index (χ4n) is 2.64. The van der Waals surface area contributed by atoms with Crippen LogP contribution in [-0.2, 0) is 14.3 Å². The number of carboxylic acids is 1. The Balaban J connectivity index is 1.94. The van der Waals surface area contributed by atoms with Gasteiger partial charge in [-0.05, 0) is 17.5 Å². The highest BCUT2D eigenvalue weighted by Gasteiger charge is 2.27. The number of hydrogen-bond acceptors (Lipinski definition) is 3. The van der Waals surface area contributed by atoms with Crippen molar-refractivity contribution < 1.29 is 23.8 Å². The van der Waals surface area contributed by atoms with Gasteiger partial charge in [-0.25, -0.2) is 4.39 Å². The van der Waals surface area contributed by atoms with E-state index in [1.54, 1.807) is 23.1 Å². The molecule has 1 fully saturated rings. The number of morpholine rings is 1. The van der Waals surface area contributed by atoms with E-state index in [4.69, 9.17) is 9.84 Å². The van der Waals surface area contributed by atoms with Gasteiger partial charge in [-0.1, -0.05) is 25.1 Å². The lowest BCUT2D eigenvalue weighted by atomic mass is 9.96. The zero-order valence-electron chi connectivity index (χ0n) is 12.5. The summed E-state index contributed by atoms with van der Waals surface area (Å²) in [6, 6.07) is 6.43. The second-order valence-electron chi connectivity index (χ2n) is 5.56. The number of carbonyl (C=O) groups excluding carboxylic acids is 1. The highest BCUT2D eigenvalue weighted by Crippen LogP contribution is 2.23. The van der Waals surface area contributed by atoms with Crippen LogP contribution in [0.15, 0.2) is 24.3 Å². The summed E-state index contributed by atoms with van der Waals surface area (Å²) < 4.78 is 19.1. The van der Waals surface area contributed by atoms with Crippen LogP contribution in [0.1, 0.15) is 31.2 Å². The summed E-state index contributed by atoms with van der Waals surface area (Å²) in [5.74, 6) is -1.59. The van der Waals surface area contributed by atoms with Crippen LogP contribution in [0.4, 0.5) is 4.39 Å². The maximum atomic E-state index is 13.7. The highest BCUT2D eigenvalue weighted by atomic mass is 19.1. The van der Waals surface area contributed by atoms with Crippen molar-refractivity contribution >= 4 is 11.9 Å². The molecule has 0 spiro atoms. The molecule has 5 nitrogen and oxygen atoms in total. The normalized spacial score (nSPS) is 19.7. The van der Waals surface area contributed by atoms with Crippen molar-refractivity contribution in [3.05, 3.63) is 35.6 Å². The number of hydrogen-bond donors (Lipinski definition) is 1. The van der Waals surface area contributed by atoms with Gasteiger partial charge in [-0.3, -0.25) is 9.59 Å². The number of nitrogens with zero attached hydrogens (tertiary/aromatic N) is 1. The molecule has 1 amide bonds. The molecule has 2 atom stereocenters. The largest absolute Gasteiger partial charge is 0.481 e. The smallest absolute Gasteiger partial charge is 0.306 e. The molecule has 22 heavy (non-hydrogen) atoms. The van der Waals surface area contributed by atoms with Crippen molar-refractivity contribution in [2.24, 2.45) is 0 Å². The SMILES string of the molecule is C[C@@H](CC(=O)N1CCO[C@@H](CC(=O)O)C1)c1ccccc1F. The topological polar surface area (TPSA) is 66.8 Å². The van der Waals surface area contributed by atoms with Crippen LogP contribution >= 0.6 is 0 Å². The van der Waals surface area contributed by atoms with E-state index in [9.17, 15) is 14.0 Å². The Morgan fingerprint density at radius 1 is 1.45 bits per heavy atom. The molecule has 2 rings (SSSR count). The van der Waals surface area contributed by atoms with Crippen molar-refractivity contribution in [3.8, 4) is 0 Å². The molecule has 1 heterocycles. The minimum atomic E-state index is -0.945. The first kappa shape index (κ1) is 16.4. The van der Waals surface area contributed by atoms with Gasteiger partial charge in [-0.15, -0.1) is 0 Å². The maximum Gasteiger partial charge on any atom is 0.306 e. The van der Waals surface area contributed by atoms with Crippen LogP contribution < -0.4 is 0 Å². The molecule has 0 saturated carbocycles. The van der Waals surface area contributed by atoms with E-state index >= 15 is 0 Å². The zero-order valence-corrected chi connectivity index (χ0v) is 12.5. The third-order valence-corrected chi connectivity index (χ3v) is 3.81. The molecule has 1 N–H and O–H groups in total. The summed E-state index contributed by atoms with van der Waals surface area (Å²) >= 11 is 0. The average Bonchev–Trinajstić information content (AvgIpc) is 2.47. The molecule has 120 valence electrons. The van der Waals surface area contributed by atoms with Gasteiger partial charge < -0.3 is 14.7 Å². The Bertz CT molecular complexity index is 549. The molecule has 0 radical (unpaired) electrons. The van der Waals surface area contributed by atoms with Gasteiger partial charge in [0.1, 0.15) is 5.82 Å². The molecule has 6 heteroatoms. The Morgan fingerprint density at radius 3 is 2.86 bits per heavy atom. The summed E-state index contributed by atoms with van der Waals surface area (Å²) in [5.41, 5.74) is 0.520. The first-order valence-corrected chi connectivity index (χ1v) is 7.33. The minimum Gasteiger partial charge on any atom is -0.481 e. The lowest BCUT2D eigenvalue weighted by molar-refractivity contribution is -0.147. The molecule has 1 aromatic rings. The monoisotopic (exact) mass is 309 g/mol. The molecule has 1 aliphatic rings. The Kier molecular flexibility index (Phi) is 5.49. The molecule has 1 aliphatic heterocycles. The summed E-state index contributed by atoms with van der Waals surface area (Å²) in [4.78, 5) is 24.6. The van der Waals surface area contributed by atoms with E-state index in [2.05, 4.69) is 0 Å². The molecule has 0 unspecified atom stereocenters. The fourth-order valence-corrected chi connectivity index (χ4v) is 2.64. The van der Waals surface area contributed by atoms with Gasteiger partial charge in [0.25, 0.3) is 0 Å². The van der Waals surface area contributed by atoms with Crippen molar-refractivity contribution in [1.29, 1.82) is 0 Å². The Labute approximate surface area is 128 Å². The average molecular weight is 309 g/mol. The second kappa shape index (κ2) is 7.35. The number of halogens is 1. The molecular formula is C16H20FNO4. The number of carboxylic acid groups (broad SMARTS) is 1. The number of rotatable bonds is 5. The van der Waals surface area contributed by atoms with Crippen LogP contribution in [0.25, 0.3) is 0 Å². The number of aliphatic carboxylic acids is 1. The Morgan fingerprint density at radius 2 is 2.18 bits per heavy atom. The van der Waals surface area contributed by atoms with Crippen LogP contribution in [0.2, 0.25) is 0 Å². The predicted octanol–water partition coefficient (Wildman–Crippen LogP) is 2.02. The summed E-state index contributed by atoms with van der Waals surface area (Å²) in [6.07, 6.45) is -0.396. The molecule has 0 aromatic heterocycles. The van der Waals surface area contributed by atoms with E-state index in [0.717, 1.165) is 0 Å². The van der Waals surface area contributed by atoms with Gasteiger partial charge in [-0.2, -0.15) is 0 Å². The molecule has 0 bridgehead atoms. The van der Waals surface area contributed by atoms with Crippen molar-refractivity contribution in [2.45, 2.75) is 31.8 Å². The standard InChI is InChI=1S/C16H20FNO4/c1-11(13-4-2-3-5-14(13)17)8-15(19)18-6-7-22-12(10-18)9-16(20)21/h2-5,11-12H,6-10H2,1H3,(H,20,21)/t11-,12-/m0/s1. The fraction of sp³-hybridized carbons (Fsp3) is 0.500. The van der Waals surface area contributed by atoms with Crippen molar-refractivity contribution in [1.82, 2.24) is 4.90 Å². The third kappa shape index (κ3) is 4.27. The first-order valence-electron chi connectivity index (χ1n) is 7.33. The van der Waals surface area contributed by atoms with Gasteiger partial charge >= 0.3 is 5.97 Å². The lowest BCUT2D eigenvalue weighted by Crippen LogP contribution is -2.46. The number of carbonyl (C=O) groups is 2. The molecule has 0 aliphatic carbocycles. The van der Waals surface area contributed by atoms with Gasteiger partial charge in [0.15, 0.2) is 0 Å². The van der Waals surface area contributed by atoms with E-state index in [-0.39, 0.29) is 37.0 Å². The van der Waals surface area contributed by atoms with Crippen molar-refractivity contribution in [2.75, 3.05) is 19.7 Å². The Hall–Kier alpha value is -1.95. The first-order chi connectivity index (χ1) is 10.5. The summed E-state index contributed by atoms with van der Waals surface area (Å²) in [6.45, 7) is 2.86. The number of ether oxygens (including phenoxy) is 1. The van der Waals surface area contributed by atoms with Gasteiger partial charge in [0.05, 0.1) is 19.1 Å². The number of amides is 1. The lowest BCUT2D eigenvalue weighted by Gasteiger charge is -2.33. The zero-order chi connectivity index (χ0) is 16.1. The minimum absolute atomic E-state index is 0.102. The van der Waals surface area contributed by atoms with Gasteiger partial charge in [0.2, 0.25) is 5.91 Å². The third-order valence-electron chi connectivity index (χ3n) is 3.81. The van der Waals surface area contributed by atoms with Crippen LogP contribution in [-0.4, -0.2) is 47.7 Å². The molecule has 1 saturated heterocycles. The highest BCUT2D eigenvalue weighted by molar-refractivity contribution is 5.77. The van der Waals surface area contributed by atoms with E-state index in [1.807, 2.05) is 6.92 Å². The van der Waals surface area contributed by atoms with Crippen molar-refractivity contribution in [3.63, 3.8) is 0 Å². The van der Waals surface area contributed by atoms with E-state index in [1.165, 1.54) is 6.07 Å². The van der Waals surface area contributed by atoms with Crippen LogP contribution in [0, 0.1) is 5.82 Å². The van der Waals surface area contributed by atoms with E-state index in [0.29, 0.717) is 18.7 Å². The van der Waals surface area contributed by atoms with Crippen LogP contribution in [0.3, 0.4) is 0 Å². The number of benzene rings is 1. The molecular weight excluding hydrogens is 289 g/mol. The van der Waals surface area contributed by atoms with Crippen LogP contribution in [0.5, 0.6) is 0 Å². The quantitative estimate of drug-likeness (QED) is 0.903.